The Hall–Kier alpha value is -1.94. The van der Waals surface area contributed by atoms with Crippen LogP contribution < -0.4 is 4.90 Å². The molecule has 4 heterocycles. The average Bonchev–Trinajstić information content (AvgIpc) is 2.92. The molecule has 4 heteroatoms. The first kappa shape index (κ1) is 12.8. The Labute approximate surface area is 125 Å². The fourth-order valence-electron chi connectivity index (χ4n) is 3.66. The molecule has 0 amide bonds. The van der Waals surface area contributed by atoms with E-state index in [1.165, 1.54) is 43.9 Å². The Balaban J connectivity index is 1.35. The Bertz CT molecular complexity index is 593. The molecule has 1 spiro atoms. The molecular weight excluding hydrogens is 260 g/mol. The predicted octanol–water partition coefficient (Wildman–Crippen LogP) is 2.19. The van der Waals surface area contributed by atoms with Gasteiger partial charge in [-0.05, 0) is 36.7 Å². The normalized spacial score (nSPS) is 20.7. The number of hydrogen-bond acceptors (Lipinski definition) is 4. The first-order chi connectivity index (χ1) is 10.3. The van der Waals surface area contributed by atoms with Crippen molar-refractivity contribution in [1.82, 2.24) is 14.9 Å². The standard InChI is InChI=1S/C17H20N4/c1-3-15(9-18-6-1)11-20-8-5-17(12-20)13-21(14-17)16-4-2-7-19-10-16/h1-4,6-7,9-10H,5,8,11-14H2. The number of aromatic nitrogens is 2. The summed E-state index contributed by atoms with van der Waals surface area (Å²) in [5.41, 5.74) is 3.07. The predicted molar refractivity (Wildman–Crippen MR) is 83.0 cm³/mol. The van der Waals surface area contributed by atoms with Crippen molar-refractivity contribution in [3.05, 3.63) is 54.6 Å². The Kier molecular flexibility index (Phi) is 3.11. The van der Waals surface area contributed by atoms with Crippen LogP contribution in [0.3, 0.4) is 0 Å². The minimum absolute atomic E-state index is 0.498. The second-order valence-electron chi connectivity index (χ2n) is 6.39. The van der Waals surface area contributed by atoms with Crippen molar-refractivity contribution >= 4 is 5.69 Å². The van der Waals surface area contributed by atoms with E-state index in [1.807, 2.05) is 36.9 Å². The molecule has 0 N–H and O–H groups in total. The third-order valence-electron chi connectivity index (χ3n) is 4.71. The van der Waals surface area contributed by atoms with E-state index in [0.717, 1.165) is 6.54 Å². The number of nitrogens with zero attached hydrogens (tertiary/aromatic N) is 4. The maximum absolute atomic E-state index is 4.21. The van der Waals surface area contributed by atoms with Gasteiger partial charge in [0.15, 0.2) is 0 Å². The fourth-order valence-corrected chi connectivity index (χ4v) is 3.66. The molecule has 2 aromatic heterocycles. The third-order valence-corrected chi connectivity index (χ3v) is 4.71. The Morgan fingerprint density at radius 3 is 2.52 bits per heavy atom. The van der Waals surface area contributed by atoms with Gasteiger partial charge in [-0.1, -0.05) is 6.07 Å². The van der Waals surface area contributed by atoms with Crippen LogP contribution in [0.5, 0.6) is 0 Å². The van der Waals surface area contributed by atoms with Gasteiger partial charge >= 0.3 is 0 Å². The molecule has 4 rings (SSSR count). The molecule has 0 saturated carbocycles. The molecule has 21 heavy (non-hydrogen) atoms. The molecule has 2 aromatic rings. The van der Waals surface area contributed by atoms with E-state index in [2.05, 4.69) is 31.9 Å². The van der Waals surface area contributed by atoms with Crippen molar-refractivity contribution in [2.24, 2.45) is 5.41 Å². The summed E-state index contributed by atoms with van der Waals surface area (Å²) in [5, 5.41) is 0. The van der Waals surface area contributed by atoms with Crippen LogP contribution in [0.2, 0.25) is 0 Å². The van der Waals surface area contributed by atoms with Crippen molar-refractivity contribution in [3.8, 4) is 0 Å². The van der Waals surface area contributed by atoms with Crippen LogP contribution in [-0.4, -0.2) is 41.0 Å². The molecule has 0 aromatic carbocycles. The zero-order valence-electron chi connectivity index (χ0n) is 12.2. The smallest absolute Gasteiger partial charge is 0.0553 e. The molecule has 0 radical (unpaired) electrons. The van der Waals surface area contributed by atoms with Crippen molar-refractivity contribution in [1.29, 1.82) is 0 Å². The lowest BCUT2D eigenvalue weighted by Crippen LogP contribution is -2.57. The van der Waals surface area contributed by atoms with Crippen LogP contribution in [0.4, 0.5) is 5.69 Å². The van der Waals surface area contributed by atoms with Gasteiger partial charge in [-0.2, -0.15) is 0 Å². The van der Waals surface area contributed by atoms with Gasteiger partial charge in [0.1, 0.15) is 0 Å². The molecule has 0 unspecified atom stereocenters. The SMILES string of the molecule is c1cncc(CN2CCC3(C2)CN(c2cccnc2)C3)c1. The van der Waals surface area contributed by atoms with Gasteiger partial charge in [0, 0.05) is 50.2 Å². The second kappa shape index (κ2) is 5.11. The minimum atomic E-state index is 0.498. The Morgan fingerprint density at radius 2 is 1.81 bits per heavy atom. The summed E-state index contributed by atoms with van der Waals surface area (Å²) in [6.45, 7) is 5.78. The summed E-state index contributed by atoms with van der Waals surface area (Å²) in [6.07, 6.45) is 8.93. The third kappa shape index (κ3) is 2.51. The van der Waals surface area contributed by atoms with Crippen molar-refractivity contribution in [2.75, 3.05) is 31.1 Å². The first-order valence-corrected chi connectivity index (χ1v) is 7.59. The number of likely N-dealkylation sites (tertiary alicyclic amines) is 1. The fraction of sp³-hybridized carbons (Fsp3) is 0.412. The number of rotatable bonds is 3. The lowest BCUT2D eigenvalue weighted by molar-refractivity contribution is 0.202. The topological polar surface area (TPSA) is 32.3 Å². The van der Waals surface area contributed by atoms with Crippen molar-refractivity contribution in [2.45, 2.75) is 13.0 Å². The van der Waals surface area contributed by atoms with Gasteiger partial charge in [0.05, 0.1) is 11.9 Å². The highest BCUT2D eigenvalue weighted by Crippen LogP contribution is 2.41. The maximum atomic E-state index is 4.21. The summed E-state index contributed by atoms with van der Waals surface area (Å²) < 4.78 is 0. The van der Waals surface area contributed by atoms with E-state index < -0.39 is 0 Å². The zero-order chi connectivity index (χ0) is 14.1. The highest BCUT2D eigenvalue weighted by molar-refractivity contribution is 5.48. The van der Waals surface area contributed by atoms with Crippen molar-refractivity contribution in [3.63, 3.8) is 0 Å². The van der Waals surface area contributed by atoms with Crippen LogP contribution in [0.1, 0.15) is 12.0 Å². The highest BCUT2D eigenvalue weighted by Gasteiger charge is 2.47. The van der Waals surface area contributed by atoms with Crippen LogP contribution in [0.25, 0.3) is 0 Å². The lowest BCUT2D eigenvalue weighted by atomic mass is 9.79. The monoisotopic (exact) mass is 280 g/mol. The van der Waals surface area contributed by atoms with Crippen molar-refractivity contribution < 1.29 is 0 Å². The summed E-state index contributed by atoms with van der Waals surface area (Å²) in [6, 6.07) is 8.36. The molecule has 2 aliphatic rings. The maximum Gasteiger partial charge on any atom is 0.0553 e. The van der Waals surface area contributed by atoms with Gasteiger partial charge in [-0.3, -0.25) is 14.9 Å². The van der Waals surface area contributed by atoms with Gasteiger partial charge < -0.3 is 4.90 Å². The number of anilines is 1. The molecule has 4 nitrogen and oxygen atoms in total. The summed E-state index contributed by atoms with van der Waals surface area (Å²) >= 11 is 0. The minimum Gasteiger partial charge on any atom is -0.369 e. The highest BCUT2D eigenvalue weighted by atomic mass is 15.3. The summed E-state index contributed by atoms with van der Waals surface area (Å²) in [5.74, 6) is 0. The van der Waals surface area contributed by atoms with Gasteiger partial charge in [-0.25, -0.2) is 0 Å². The van der Waals surface area contributed by atoms with Crippen LogP contribution in [0.15, 0.2) is 49.1 Å². The number of pyridine rings is 2. The van der Waals surface area contributed by atoms with E-state index in [-0.39, 0.29) is 0 Å². The van der Waals surface area contributed by atoms with Gasteiger partial charge in [0.25, 0.3) is 0 Å². The van der Waals surface area contributed by atoms with Gasteiger partial charge in [0.2, 0.25) is 0 Å². The van der Waals surface area contributed by atoms with E-state index in [0.29, 0.717) is 5.41 Å². The van der Waals surface area contributed by atoms with E-state index in [4.69, 9.17) is 0 Å². The molecular formula is C17H20N4. The molecule has 108 valence electrons. The Morgan fingerprint density at radius 1 is 1.00 bits per heavy atom. The molecule has 0 aliphatic carbocycles. The molecule has 2 saturated heterocycles. The van der Waals surface area contributed by atoms with Crippen LogP contribution >= 0.6 is 0 Å². The van der Waals surface area contributed by atoms with E-state index >= 15 is 0 Å². The van der Waals surface area contributed by atoms with Crippen LogP contribution in [-0.2, 0) is 6.54 Å². The second-order valence-corrected chi connectivity index (χ2v) is 6.39. The molecule has 0 atom stereocenters. The quantitative estimate of drug-likeness (QED) is 0.862. The van der Waals surface area contributed by atoms with E-state index in [1.54, 1.807) is 0 Å². The number of hydrogen-bond donors (Lipinski definition) is 0. The molecule has 2 aliphatic heterocycles. The van der Waals surface area contributed by atoms with Gasteiger partial charge in [-0.15, -0.1) is 0 Å². The van der Waals surface area contributed by atoms with E-state index in [9.17, 15) is 0 Å². The summed E-state index contributed by atoms with van der Waals surface area (Å²) in [7, 11) is 0. The molecule has 0 bridgehead atoms. The average molecular weight is 280 g/mol. The lowest BCUT2D eigenvalue weighted by Gasteiger charge is -2.49. The largest absolute Gasteiger partial charge is 0.369 e. The summed E-state index contributed by atoms with van der Waals surface area (Å²) in [4.78, 5) is 13.4. The van der Waals surface area contributed by atoms with Crippen LogP contribution in [0, 0.1) is 5.41 Å². The first-order valence-electron chi connectivity index (χ1n) is 7.59. The zero-order valence-corrected chi connectivity index (χ0v) is 12.2. The molecule has 2 fully saturated rings.